The Morgan fingerprint density at radius 1 is 0.568 bits per heavy atom. The highest BCUT2D eigenvalue weighted by Crippen LogP contribution is 2.35. The predicted octanol–water partition coefficient (Wildman–Crippen LogP) is 6.05. The maximum absolute atomic E-state index is 14.8. The average molecular weight is 999 g/mol. The van der Waals surface area contributed by atoms with Crippen molar-refractivity contribution < 1.29 is 28.0 Å². The number of hydrogen-bond acceptors (Lipinski definition) is 12. The minimum absolute atomic E-state index is 0.0509. The van der Waals surface area contributed by atoms with Gasteiger partial charge in [0.05, 0.1) is 105 Å². The van der Waals surface area contributed by atoms with E-state index >= 15 is 0 Å². The number of carbonyl (C=O) groups excluding carboxylic acids is 4. The minimum Gasteiger partial charge on any atom is -0.354 e. The third-order valence-electron chi connectivity index (χ3n) is 14.9. The molecule has 6 aliphatic heterocycles. The van der Waals surface area contributed by atoms with E-state index in [4.69, 9.17) is 10.2 Å². The first-order valence-corrected chi connectivity index (χ1v) is 25.3. The third kappa shape index (κ3) is 9.05. The van der Waals surface area contributed by atoms with E-state index in [2.05, 4.69) is 30.4 Å². The molecule has 2 aromatic carbocycles. The fourth-order valence-electron chi connectivity index (χ4n) is 11.2. The topological polar surface area (TPSA) is 214 Å². The maximum atomic E-state index is 14.8. The van der Waals surface area contributed by atoms with E-state index < -0.39 is 11.6 Å². The van der Waals surface area contributed by atoms with Crippen molar-refractivity contribution in [1.82, 2.24) is 50.0 Å². The first-order valence-electron chi connectivity index (χ1n) is 25.3. The van der Waals surface area contributed by atoms with Gasteiger partial charge in [0.1, 0.15) is 11.6 Å². The smallest absolute Gasteiger partial charge is 0.255 e. The monoisotopic (exact) mass is 998 g/mol. The number of anilines is 2. The molecule has 376 valence electrons. The van der Waals surface area contributed by atoms with E-state index in [1.54, 1.807) is 46.0 Å². The number of halogens is 2. The summed E-state index contributed by atoms with van der Waals surface area (Å²) in [6.07, 6.45) is 11.4. The molecule has 0 aliphatic carbocycles. The lowest BCUT2D eigenvalue weighted by atomic mass is 9.96. The Balaban J connectivity index is 0.000000159. The summed E-state index contributed by atoms with van der Waals surface area (Å²) in [5, 5.41) is 34.2. The SMILES string of the molecule is N#Cc1cccc(F)c1-c1cc(-n2ccc(N3CCCC(C(=O)N4CCCC4)C3)n2)c2c(n1)CNC2=O.N#Cc1cccc(F)c1-c1cc(-n2ccc(N3CCC[C@H](C(=O)N4CCCC4)C3)n2)c2c(n1)CNC2=O. The van der Waals surface area contributed by atoms with Gasteiger partial charge in [-0.25, -0.2) is 28.1 Å². The van der Waals surface area contributed by atoms with Crippen molar-refractivity contribution >= 4 is 35.3 Å². The number of piperidine rings is 2. The largest absolute Gasteiger partial charge is 0.354 e. The van der Waals surface area contributed by atoms with E-state index in [1.165, 1.54) is 24.3 Å². The lowest BCUT2D eigenvalue weighted by molar-refractivity contribution is -0.135. The zero-order valence-corrected chi connectivity index (χ0v) is 40.6. The molecule has 0 radical (unpaired) electrons. The number of fused-ring (bicyclic) bond motifs is 2. The molecular formula is C54H52F2N14O4. The first-order chi connectivity index (χ1) is 36.1. The second-order valence-corrected chi connectivity index (χ2v) is 19.5. The Morgan fingerprint density at radius 3 is 1.39 bits per heavy atom. The molecule has 0 spiro atoms. The van der Waals surface area contributed by atoms with Crippen molar-refractivity contribution in [2.45, 2.75) is 64.5 Å². The van der Waals surface area contributed by atoms with Gasteiger partial charge in [0, 0.05) is 76.9 Å². The van der Waals surface area contributed by atoms with Crippen LogP contribution in [0.15, 0.2) is 73.1 Å². The number of nitriles is 2. The van der Waals surface area contributed by atoms with Gasteiger partial charge in [0.15, 0.2) is 11.6 Å². The van der Waals surface area contributed by atoms with Crippen LogP contribution in [0.3, 0.4) is 0 Å². The lowest BCUT2D eigenvalue weighted by Gasteiger charge is -2.34. The van der Waals surface area contributed by atoms with Gasteiger partial charge in [-0.2, -0.15) is 20.7 Å². The number of nitrogens with zero attached hydrogens (tertiary/aromatic N) is 12. The molecule has 4 fully saturated rings. The van der Waals surface area contributed by atoms with Crippen LogP contribution < -0.4 is 20.4 Å². The van der Waals surface area contributed by atoms with Gasteiger partial charge in [-0.3, -0.25) is 19.2 Å². The molecule has 4 amide bonds. The second kappa shape index (κ2) is 20.2. The maximum Gasteiger partial charge on any atom is 0.255 e. The van der Waals surface area contributed by atoms with E-state index in [1.807, 2.05) is 34.1 Å². The lowest BCUT2D eigenvalue weighted by Crippen LogP contribution is -2.44. The summed E-state index contributed by atoms with van der Waals surface area (Å²) in [4.78, 5) is 68.6. The normalized spacial score (nSPS) is 19.0. The van der Waals surface area contributed by atoms with Gasteiger partial charge < -0.3 is 30.2 Å². The molecule has 1 unspecified atom stereocenters. The molecule has 4 aromatic heterocycles. The van der Waals surface area contributed by atoms with Crippen LogP contribution in [0.25, 0.3) is 33.9 Å². The highest BCUT2D eigenvalue weighted by atomic mass is 19.1. The number of benzene rings is 2. The Morgan fingerprint density at radius 2 is 0.986 bits per heavy atom. The zero-order chi connectivity index (χ0) is 51.0. The van der Waals surface area contributed by atoms with Crippen molar-refractivity contribution in [2.24, 2.45) is 11.8 Å². The Kier molecular flexibility index (Phi) is 13.0. The summed E-state index contributed by atoms with van der Waals surface area (Å²) in [5.74, 6) is 0.127. The molecule has 74 heavy (non-hydrogen) atoms. The van der Waals surface area contributed by atoms with E-state index in [0.29, 0.717) is 58.6 Å². The summed E-state index contributed by atoms with van der Waals surface area (Å²) < 4.78 is 32.8. The Labute approximate surface area is 425 Å². The Hall–Kier alpha value is -8.52. The fraction of sp³-hybridized carbons (Fsp3) is 0.370. The molecule has 0 bridgehead atoms. The number of pyridine rings is 2. The van der Waals surface area contributed by atoms with Crippen molar-refractivity contribution in [3.05, 3.63) is 118 Å². The number of nitrogens with one attached hydrogen (secondary N) is 2. The van der Waals surface area contributed by atoms with Crippen LogP contribution >= 0.6 is 0 Å². The van der Waals surface area contributed by atoms with Crippen LogP contribution in [0.4, 0.5) is 20.4 Å². The summed E-state index contributed by atoms with van der Waals surface area (Å²) in [6.45, 7) is 6.60. The third-order valence-corrected chi connectivity index (χ3v) is 14.9. The van der Waals surface area contributed by atoms with Crippen molar-refractivity contribution in [2.75, 3.05) is 62.2 Å². The van der Waals surface area contributed by atoms with Crippen LogP contribution in [0.2, 0.25) is 0 Å². The summed E-state index contributed by atoms with van der Waals surface area (Å²) in [6, 6.07) is 19.6. The molecule has 18 nitrogen and oxygen atoms in total. The van der Waals surface area contributed by atoms with Gasteiger partial charge in [0.2, 0.25) is 11.8 Å². The molecule has 10 heterocycles. The van der Waals surface area contributed by atoms with Gasteiger partial charge in [-0.15, -0.1) is 0 Å². The van der Waals surface area contributed by atoms with Crippen LogP contribution in [0.5, 0.6) is 0 Å². The van der Waals surface area contributed by atoms with Gasteiger partial charge in [0.25, 0.3) is 11.8 Å². The van der Waals surface area contributed by atoms with Crippen LogP contribution in [0.1, 0.15) is 94.6 Å². The van der Waals surface area contributed by atoms with Crippen molar-refractivity contribution in [3.63, 3.8) is 0 Å². The van der Waals surface area contributed by atoms with Gasteiger partial charge in [-0.1, -0.05) is 12.1 Å². The van der Waals surface area contributed by atoms with E-state index in [0.717, 1.165) is 90.6 Å². The second-order valence-electron chi connectivity index (χ2n) is 19.5. The molecule has 2 N–H and O–H groups in total. The molecule has 6 aromatic rings. The van der Waals surface area contributed by atoms with Crippen LogP contribution in [0, 0.1) is 46.1 Å². The Bertz CT molecular complexity index is 3090. The quantitative estimate of drug-likeness (QED) is 0.178. The summed E-state index contributed by atoms with van der Waals surface area (Å²) in [7, 11) is 0. The summed E-state index contributed by atoms with van der Waals surface area (Å²) in [5.41, 5.74) is 3.73. The predicted molar refractivity (Wildman–Crippen MR) is 267 cm³/mol. The van der Waals surface area contributed by atoms with Gasteiger partial charge >= 0.3 is 0 Å². The highest BCUT2D eigenvalue weighted by molar-refractivity contribution is 6.02. The highest BCUT2D eigenvalue weighted by Gasteiger charge is 2.35. The number of carbonyl (C=O) groups is 4. The summed E-state index contributed by atoms with van der Waals surface area (Å²) >= 11 is 0. The van der Waals surface area contributed by atoms with E-state index in [9.17, 15) is 38.5 Å². The first kappa shape index (κ1) is 47.8. The number of rotatable bonds is 8. The van der Waals surface area contributed by atoms with Gasteiger partial charge in [-0.05, 0) is 87.8 Å². The standard InChI is InChI=1S/2C27H26FN7O2/c2*28-19-7-3-5-17(14-29)24(19)20-13-22(25-21(31-20)15-30-26(25)36)35-12-8-23(32-35)34-11-4-6-18(16-34)27(37)33-9-1-2-10-33/h2*3,5,7-8,12-13,18H,1-2,4,6,9-11,15-16H2,(H,30,36)/t18-;/m0./s1. The number of likely N-dealkylation sites (tertiary alicyclic amines) is 2. The van der Waals surface area contributed by atoms with Crippen molar-refractivity contribution in [1.29, 1.82) is 10.5 Å². The number of amides is 4. The molecular weight excluding hydrogens is 947 g/mol. The molecule has 12 rings (SSSR count). The molecule has 4 saturated heterocycles. The fourth-order valence-corrected chi connectivity index (χ4v) is 11.2. The van der Waals surface area contributed by atoms with Crippen LogP contribution in [-0.2, 0) is 22.7 Å². The average Bonchev–Trinajstić information content (AvgIpc) is 4.32. The number of aromatic nitrogens is 6. The van der Waals surface area contributed by atoms with Crippen molar-refractivity contribution in [3.8, 4) is 46.0 Å². The molecule has 6 aliphatic rings. The zero-order valence-electron chi connectivity index (χ0n) is 40.6. The van der Waals surface area contributed by atoms with Crippen LogP contribution in [-0.4, -0.2) is 115 Å². The molecule has 2 atom stereocenters. The molecule has 0 saturated carbocycles. The van der Waals surface area contributed by atoms with E-state index in [-0.39, 0.29) is 82.2 Å². The number of hydrogen-bond donors (Lipinski definition) is 2. The molecule has 20 heteroatoms. The minimum atomic E-state index is -0.557.